The molecule has 19 heavy (non-hydrogen) atoms. The molecule has 0 spiro atoms. The quantitative estimate of drug-likeness (QED) is 0.650. The Morgan fingerprint density at radius 1 is 1.47 bits per heavy atom. The Hall–Kier alpha value is -1.75. The molecule has 0 amide bonds. The van der Waals surface area contributed by atoms with Crippen LogP contribution in [0.4, 0.5) is 11.4 Å². The first-order valence-corrected chi connectivity index (χ1v) is 6.30. The standard InChI is InChI=1S/C14H20N2O3/c1-14(2)9-16(6-7-19-14)10-4-5-12(15)11(8-10)13(17)18-3/h4-5,8H,6-7,9,15H2,1-3H3. The molecular weight excluding hydrogens is 244 g/mol. The summed E-state index contributed by atoms with van der Waals surface area (Å²) in [7, 11) is 1.35. The molecule has 0 saturated carbocycles. The van der Waals surface area contributed by atoms with Crippen LogP contribution in [0.25, 0.3) is 0 Å². The first-order valence-electron chi connectivity index (χ1n) is 6.30. The first-order chi connectivity index (χ1) is 8.93. The van der Waals surface area contributed by atoms with Gasteiger partial charge in [-0.1, -0.05) is 0 Å². The third-order valence-corrected chi connectivity index (χ3v) is 3.23. The van der Waals surface area contributed by atoms with Crippen molar-refractivity contribution in [3.8, 4) is 0 Å². The summed E-state index contributed by atoms with van der Waals surface area (Å²) >= 11 is 0. The van der Waals surface area contributed by atoms with Gasteiger partial charge < -0.3 is 20.1 Å². The fourth-order valence-corrected chi connectivity index (χ4v) is 2.26. The van der Waals surface area contributed by atoms with Crippen LogP contribution in [0.2, 0.25) is 0 Å². The summed E-state index contributed by atoms with van der Waals surface area (Å²) in [4.78, 5) is 13.8. The molecule has 0 aliphatic carbocycles. The van der Waals surface area contributed by atoms with E-state index < -0.39 is 5.97 Å². The van der Waals surface area contributed by atoms with Gasteiger partial charge in [-0.2, -0.15) is 0 Å². The minimum Gasteiger partial charge on any atom is -0.465 e. The molecule has 1 fully saturated rings. The molecule has 0 bridgehead atoms. The Kier molecular flexibility index (Phi) is 3.66. The normalized spacial score (nSPS) is 18.2. The summed E-state index contributed by atoms with van der Waals surface area (Å²) in [5, 5.41) is 0. The molecule has 1 aliphatic rings. The fourth-order valence-electron chi connectivity index (χ4n) is 2.26. The number of morpholine rings is 1. The summed E-state index contributed by atoms with van der Waals surface area (Å²) in [5.74, 6) is -0.410. The Labute approximate surface area is 113 Å². The molecule has 0 unspecified atom stereocenters. The Balaban J connectivity index is 2.28. The maximum Gasteiger partial charge on any atom is 0.340 e. The zero-order valence-electron chi connectivity index (χ0n) is 11.6. The molecule has 1 saturated heterocycles. The number of rotatable bonds is 2. The maximum atomic E-state index is 11.7. The SMILES string of the molecule is COC(=O)c1cc(N2CCOC(C)(C)C2)ccc1N. The molecule has 0 radical (unpaired) electrons. The van der Waals surface area contributed by atoms with Crippen LogP contribution < -0.4 is 10.6 Å². The summed E-state index contributed by atoms with van der Waals surface area (Å²) < 4.78 is 10.4. The van der Waals surface area contributed by atoms with Crippen molar-refractivity contribution in [2.24, 2.45) is 0 Å². The number of anilines is 2. The molecule has 2 rings (SSSR count). The van der Waals surface area contributed by atoms with Crippen molar-refractivity contribution in [3.05, 3.63) is 23.8 Å². The predicted molar refractivity (Wildman–Crippen MR) is 74.4 cm³/mol. The number of hydrogen-bond donors (Lipinski definition) is 1. The number of hydrogen-bond acceptors (Lipinski definition) is 5. The summed E-state index contributed by atoms with van der Waals surface area (Å²) in [6, 6.07) is 5.44. The van der Waals surface area contributed by atoms with Gasteiger partial charge in [-0.3, -0.25) is 0 Å². The zero-order valence-corrected chi connectivity index (χ0v) is 11.6. The van der Waals surface area contributed by atoms with Crippen molar-refractivity contribution in [1.29, 1.82) is 0 Å². The van der Waals surface area contributed by atoms with E-state index in [9.17, 15) is 4.79 Å². The van der Waals surface area contributed by atoms with Gasteiger partial charge in [0.2, 0.25) is 0 Å². The van der Waals surface area contributed by atoms with Gasteiger partial charge in [0.05, 0.1) is 24.9 Å². The van der Waals surface area contributed by atoms with E-state index in [1.165, 1.54) is 7.11 Å². The van der Waals surface area contributed by atoms with E-state index in [0.717, 1.165) is 18.8 Å². The van der Waals surface area contributed by atoms with E-state index in [1.807, 2.05) is 6.07 Å². The van der Waals surface area contributed by atoms with Crippen molar-refractivity contribution in [2.45, 2.75) is 19.4 Å². The number of nitrogen functional groups attached to an aromatic ring is 1. The lowest BCUT2D eigenvalue weighted by molar-refractivity contribution is -0.0276. The van der Waals surface area contributed by atoms with Crippen molar-refractivity contribution in [1.82, 2.24) is 0 Å². The molecule has 1 aromatic rings. The third-order valence-electron chi connectivity index (χ3n) is 3.23. The minimum absolute atomic E-state index is 0.189. The lowest BCUT2D eigenvalue weighted by Gasteiger charge is -2.39. The van der Waals surface area contributed by atoms with Crippen molar-refractivity contribution in [2.75, 3.05) is 37.4 Å². The van der Waals surface area contributed by atoms with E-state index in [2.05, 4.69) is 18.7 Å². The van der Waals surface area contributed by atoms with E-state index in [4.69, 9.17) is 15.2 Å². The van der Waals surface area contributed by atoms with Gasteiger partial charge in [0.15, 0.2) is 0 Å². The van der Waals surface area contributed by atoms with Crippen LogP contribution >= 0.6 is 0 Å². The van der Waals surface area contributed by atoms with Gasteiger partial charge in [-0.15, -0.1) is 0 Å². The van der Waals surface area contributed by atoms with Crippen LogP contribution in [0.1, 0.15) is 24.2 Å². The molecule has 1 heterocycles. The smallest absolute Gasteiger partial charge is 0.340 e. The van der Waals surface area contributed by atoms with Crippen molar-refractivity contribution < 1.29 is 14.3 Å². The first kappa shape index (κ1) is 13.7. The van der Waals surface area contributed by atoms with Gasteiger partial charge in [0.1, 0.15) is 0 Å². The lowest BCUT2D eigenvalue weighted by Crippen LogP contribution is -2.48. The lowest BCUT2D eigenvalue weighted by atomic mass is 10.1. The van der Waals surface area contributed by atoms with Crippen LogP contribution in [0, 0.1) is 0 Å². The van der Waals surface area contributed by atoms with Gasteiger partial charge in [-0.25, -0.2) is 4.79 Å². The Bertz CT molecular complexity index is 486. The molecule has 0 atom stereocenters. The predicted octanol–water partition coefficient (Wildman–Crippen LogP) is 1.67. The monoisotopic (exact) mass is 264 g/mol. The van der Waals surface area contributed by atoms with Crippen molar-refractivity contribution in [3.63, 3.8) is 0 Å². The minimum atomic E-state index is -0.410. The van der Waals surface area contributed by atoms with E-state index in [1.54, 1.807) is 12.1 Å². The van der Waals surface area contributed by atoms with Crippen LogP contribution in [0.3, 0.4) is 0 Å². The second-order valence-corrected chi connectivity index (χ2v) is 5.29. The fraction of sp³-hybridized carbons (Fsp3) is 0.500. The molecule has 104 valence electrons. The zero-order chi connectivity index (χ0) is 14.0. The molecule has 5 heteroatoms. The molecule has 5 nitrogen and oxygen atoms in total. The van der Waals surface area contributed by atoms with Crippen LogP contribution in [0.15, 0.2) is 18.2 Å². The van der Waals surface area contributed by atoms with Gasteiger partial charge in [0.25, 0.3) is 0 Å². The highest BCUT2D eigenvalue weighted by Crippen LogP contribution is 2.26. The average molecular weight is 264 g/mol. The van der Waals surface area contributed by atoms with Crippen molar-refractivity contribution >= 4 is 17.3 Å². The van der Waals surface area contributed by atoms with Gasteiger partial charge in [-0.05, 0) is 32.0 Å². The highest BCUT2D eigenvalue weighted by molar-refractivity contribution is 5.96. The Morgan fingerprint density at radius 2 is 2.21 bits per heavy atom. The largest absolute Gasteiger partial charge is 0.465 e. The highest BCUT2D eigenvalue weighted by Gasteiger charge is 2.27. The number of carbonyl (C=O) groups excluding carboxylic acids is 1. The third kappa shape index (κ3) is 2.98. The number of carbonyl (C=O) groups is 1. The van der Waals surface area contributed by atoms with Crippen LogP contribution in [-0.4, -0.2) is 38.4 Å². The number of methoxy groups -OCH3 is 1. The van der Waals surface area contributed by atoms with Gasteiger partial charge in [0, 0.05) is 24.5 Å². The second kappa shape index (κ2) is 5.09. The van der Waals surface area contributed by atoms with E-state index in [0.29, 0.717) is 17.9 Å². The summed E-state index contributed by atoms with van der Waals surface area (Å²) in [5.41, 5.74) is 7.42. The van der Waals surface area contributed by atoms with Crippen LogP contribution in [0.5, 0.6) is 0 Å². The maximum absolute atomic E-state index is 11.7. The number of esters is 1. The number of nitrogens with zero attached hydrogens (tertiary/aromatic N) is 1. The van der Waals surface area contributed by atoms with Crippen LogP contribution in [-0.2, 0) is 9.47 Å². The number of benzene rings is 1. The molecule has 2 N–H and O–H groups in total. The molecular formula is C14H20N2O3. The Morgan fingerprint density at radius 3 is 2.84 bits per heavy atom. The van der Waals surface area contributed by atoms with E-state index >= 15 is 0 Å². The van der Waals surface area contributed by atoms with Gasteiger partial charge >= 0.3 is 5.97 Å². The number of ether oxygens (including phenoxy) is 2. The topological polar surface area (TPSA) is 64.8 Å². The molecule has 0 aromatic heterocycles. The molecule has 1 aliphatic heterocycles. The highest BCUT2D eigenvalue weighted by atomic mass is 16.5. The summed E-state index contributed by atoms with van der Waals surface area (Å²) in [6.45, 7) is 6.35. The number of nitrogens with two attached hydrogens (primary N) is 1. The molecule has 1 aromatic carbocycles. The average Bonchev–Trinajstić information content (AvgIpc) is 2.37. The van der Waals surface area contributed by atoms with E-state index in [-0.39, 0.29) is 5.60 Å². The second-order valence-electron chi connectivity index (χ2n) is 5.29. The summed E-state index contributed by atoms with van der Waals surface area (Å²) in [6.07, 6.45) is 0.